The first-order chi connectivity index (χ1) is 10.0. The summed E-state index contributed by atoms with van der Waals surface area (Å²) in [6.07, 6.45) is 2.31. The van der Waals surface area contributed by atoms with Crippen molar-refractivity contribution in [1.29, 1.82) is 0 Å². The SMILES string of the molecule is Cc1ccc2cccc(NS(=O)(=O)CCNC3CC3)c2n1. The molecule has 0 saturated heterocycles. The van der Waals surface area contributed by atoms with Crippen LogP contribution in [0.2, 0.25) is 0 Å². The molecule has 2 aromatic rings. The van der Waals surface area contributed by atoms with E-state index in [1.807, 2.05) is 31.2 Å². The molecule has 0 aliphatic heterocycles. The van der Waals surface area contributed by atoms with Crippen LogP contribution in [0, 0.1) is 6.92 Å². The first-order valence-corrected chi connectivity index (χ1v) is 8.79. The number of para-hydroxylation sites is 1. The molecule has 6 heteroatoms. The zero-order valence-electron chi connectivity index (χ0n) is 12.0. The Morgan fingerprint density at radius 3 is 2.81 bits per heavy atom. The van der Waals surface area contributed by atoms with Crippen LogP contribution in [0.15, 0.2) is 30.3 Å². The standard InChI is InChI=1S/C15H19N3O2S/c1-11-5-6-12-3-2-4-14(15(12)17-11)18-21(19,20)10-9-16-13-7-8-13/h2-6,13,16,18H,7-10H2,1H3. The van der Waals surface area contributed by atoms with Gasteiger partial charge in [0.1, 0.15) is 0 Å². The summed E-state index contributed by atoms with van der Waals surface area (Å²) in [4.78, 5) is 4.44. The van der Waals surface area contributed by atoms with Crippen LogP contribution in [0.4, 0.5) is 5.69 Å². The Hall–Kier alpha value is -1.66. The average molecular weight is 305 g/mol. The molecule has 112 valence electrons. The number of aryl methyl sites for hydroxylation is 1. The van der Waals surface area contributed by atoms with Gasteiger partial charge in [0, 0.05) is 23.7 Å². The van der Waals surface area contributed by atoms with E-state index in [4.69, 9.17) is 0 Å². The minimum Gasteiger partial charge on any atom is -0.313 e. The lowest BCUT2D eigenvalue weighted by molar-refractivity contribution is 0.595. The first-order valence-electron chi connectivity index (χ1n) is 7.14. The van der Waals surface area contributed by atoms with E-state index in [2.05, 4.69) is 15.0 Å². The molecular formula is C15H19N3O2S. The molecular weight excluding hydrogens is 286 g/mol. The smallest absolute Gasteiger partial charge is 0.234 e. The van der Waals surface area contributed by atoms with E-state index in [9.17, 15) is 8.42 Å². The van der Waals surface area contributed by atoms with Crippen LogP contribution in [-0.4, -0.2) is 31.7 Å². The number of nitrogens with zero attached hydrogens (tertiary/aromatic N) is 1. The second-order valence-corrected chi connectivity index (χ2v) is 7.32. The fourth-order valence-electron chi connectivity index (χ4n) is 2.23. The van der Waals surface area contributed by atoms with Gasteiger partial charge < -0.3 is 5.32 Å². The van der Waals surface area contributed by atoms with Crippen LogP contribution in [0.5, 0.6) is 0 Å². The van der Waals surface area contributed by atoms with Crippen molar-refractivity contribution in [1.82, 2.24) is 10.3 Å². The zero-order chi connectivity index (χ0) is 14.9. The Morgan fingerprint density at radius 2 is 2.05 bits per heavy atom. The van der Waals surface area contributed by atoms with Crippen LogP contribution >= 0.6 is 0 Å². The molecule has 2 N–H and O–H groups in total. The maximum atomic E-state index is 12.2. The van der Waals surface area contributed by atoms with E-state index in [1.165, 1.54) is 0 Å². The van der Waals surface area contributed by atoms with Gasteiger partial charge in [0.25, 0.3) is 0 Å². The Balaban J connectivity index is 1.78. The molecule has 5 nitrogen and oxygen atoms in total. The topological polar surface area (TPSA) is 71.1 Å². The van der Waals surface area contributed by atoms with Gasteiger partial charge in [-0.05, 0) is 31.9 Å². The lowest BCUT2D eigenvalue weighted by atomic mass is 10.2. The molecule has 1 aromatic heterocycles. The van der Waals surface area contributed by atoms with Gasteiger partial charge in [0.15, 0.2) is 0 Å². The lowest BCUT2D eigenvalue weighted by Gasteiger charge is -2.11. The normalized spacial score (nSPS) is 15.3. The van der Waals surface area contributed by atoms with Crippen molar-refractivity contribution >= 4 is 26.6 Å². The Labute approximate surface area is 124 Å². The van der Waals surface area contributed by atoms with Crippen LogP contribution in [0.3, 0.4) is 0 Å². The minimum atomic E-state index is -3.36. The van der Waals surface area contributed by atoms with Gasteiger partial charge in [-0.2, -0.15) is 0 Å². The number of nitrogens with one attached hydrogen (secondary N) is 2. The third-order valence-corrected chi connectivity index (χ3v) is 4.78. The van der Waals surface area contributed by atoms with E-state index >= 15 is 0 Å². The summed E-state index contributed by atoms with van der Waals surface area (Å²) in [7, 11) is -3.36. The highest BCUT2D eigenvalue weighted by atomic mass is 32.2. The third kappa shape index (κ3) is 3.71. The van der Waals surface area contributed by atoms with Crippen molar-refractivity contribution in [2.24, 2.45) is 0 Å². The Kier molecular flexibility index (Phi) is 3.82. The molecule has 0 unspecified atom stereocenters. The summed E-state index contributed by atoms with van der Waals surface area (Å²) < 4.78 is 27.0. The van der Waals surface area contributed by atoms with Gasteiger partial charge in [0.2, 0.25) is 10.0 Å². The second kappa shape index (κ2) is 5.61. The maximum absolute atomic E-state index is 12.2. The highest BCUT2D eigenvalue weighted by Gasteiger charge is 2.21. The van der Waals surface area contributed by atoms with Gasteiger partial charge in [0.05, 0.1) is 17.0 Å². The molecule has 0 atom stereocenters. The van der Waals surface area contributed by atoms with E-state index in [0.717, 1.165) is 23.9 Å². The largest absolute Gasteiger partial charge is 0.313 e. The summed E-state index contributed by atoms with van der Waals surface area (Å²) in [5.41, 5.74) is 2.10. The number of rotatable bonds is 6. The molecule has 21 heavy (non-hydrogen) atoms. The summed E-state index contributed by atoms with van der Waals surface area (Å²) >= 11 is 0. The van der Waals surface area contributed by atoms with Gasteiger partial charge in [-0.25, -0.2) is 8.42 Å². The number of hydrogen-bond donors (Lipinski definition) is 2. The van der Waals surface area contributed by atoms with E-state index < -0.39 is 10.0 Å². The number of hydrogen-bond acceptors (Lipinski definition) is 4. The molecule has 0 bridgehead atoms. The number of fused-ring (bicyclic) bond motifs is 1. The monoisotopic (exact) mass is 305 g/mol. The minimum absolute atomic E-state index is 0.0751. The molecule has 3 rings (SSSR count). The number of pyridine rings is 1. The van der Waals surface area contributed by atoms with Crippen molar-refractivity contribution in [2.45, 2.75) is 25.8 Å². The second-order valence-electron chi connectivity index (χ2n) is 5.48. The molecule has 1 aliphatic rings. The zero-order valence-corrected chi connectivity index (χ0v) is 12.8. The van der Waals surface area contributed by atoms with Gasteiger partial charge in [-0.3, -0.25) is 9.71 Å². The number of sulfonamides is 1. The molecule has 0 spiro atoms. The molecule has 1 fully saturated rings. The highest BCUT2D eigenvalue weighted by Crippen LogP contribution is 2.23. The van der Waals surface area contributed by atoms with Crippen molar-refractivity contribution in [3.05, 3.63) is 36.0 Å². The van der Waals surface area contributed by atoms with Crippen LogP contribution in [0.25, 0.3) is 10.9 Å². The van der Waals surface area contributed by atoms with Gasteiger partial charge >= 0.3 is 0 Å². The number of benzene rings is 1. The lowest BCUT2D eigenvalue weighted by Crippen LogP contribution is -2.28. The number of aromatic nitrogens is 1. The fourth-order valence-corrected chi connectivity index (χ4v) is 3.22. The molecule has 1 heterocycles. The molecule has 0 amide bonds. The van der Waals surface area contributed by atoms with Crippen molar-refractivity contribution in [3.63, 3.8) is 0 Å². The Bertz CT molecular complexity index is 755. The van der Waals surface area contributed by atoms with Crippen LogP contribution < -0.4 is 10.0 Å². The third-order valence-electron chi connectivity index (χ3n) is 3.51. The van der Waals surface area contributed by atoms with Crippen molar-refractivity contribution in [2.75, 3.05) is 17.0 Å². The van der Waals surface area contributed by atoms with Crippen LogP contribution in [-0.2, 0) is 10.0 Å². The summed E-state index contributed by atoms with van der Waals surface area (Å²) in [6, 6.07) is 9.89. The highest BCUT2D eigenvalue weighted by molar-refractivity contribution is 7.92. The van der Waals surface area contributed by atoms with Gasteiger partial charge in [-0.1, -0.05) is 18.2 Å². The average Bonchev–Trinajstić information content (AvgIpc) is 3.23. The van der Waals surface area contributed by atoms with E-state index in [0.29, 0.717) is 23.8 Å². The first kappa shape index (κ1) is 14.3. The predicted molar refractivity (Wildman–Crippen MR) is 84.9 cm³/mol. The summed E-state index contributed by atoms with van der Waals surface area (Å²) in [5, 5.41) is 4.14. The van der Waals surface area contributed by atoms with E-state index in [1.54, 1.807) is 6.07 Å². The van der Waals surface area contributed by atoms with Crippen molar-refractivity contribution < 1.29 is 8.42 Å². The molecule has 1 aromatic carbocycles. The molecule has 1 aliphatic carbocycles. The van der Waals surface area contributed by atoms with Crippen molar-refractivity contribution in [3.8, 4) is 0 Å². The number of anilines is 1. The fraction of sp³-hybridized carbons (Fsp3) is 0.400. The van der Waals surface area contributed by atoms with Gasteiger partial charge in [-0.15, -0.1) is 0 Å². The van der Waals surface area contributed by atoms with Crippen LogP contribution in [0.1, 0.15) is 18.5 Å². The quantitative estimate of drug-likeness (QED) is 0.857. The molecule has 0 radical (unpaired) electrons. The summed E-state index contributed by atoms with van der Waals surface area (Å²) in [6.45, 7) is 2.38. The Morgan fingerprint density at radius 1 is 1.24 bits per heavy atom. The molecule has 1 saturated carbocycles. The van der Waals surface area contributed by atoms with E-state index in [-0.39, 0.29) is 5.75 Å². The maximum Gasteiger partial charge on any atom is 0.234 e. The predicted octanol–water partition coefficient (Wildman–Crippen LogP) is 2.04. The summed E-state index contributed by atoms with van der Waals surface area (Å²) in [5.74, 6) is 0.0751.